The van der Waals surface area contributed by atoms with Crippen LogP contribution >= 0.6 is 0 Å². The lowest BCUT2D eigenvalue weighted by Crippen LogP contribution is -2.61. The van der Waals surface area contributed by atoms with E-state index in [1.807, 2.05) is 64.1 Å². The molecule has 15 unspecified atom stereocenters. The predicted octanol–water partition coefficient (Wildman–Crippen LogP) is 3.90. The monoisotopic (exact) mass is 738 g/mol. The number of hydrogen-bond acceptors (Lipinski definition) is 13. The molecule has 52 heavy (non-hydrogen) atoms. The molecule has 3 heterocycles. The fraction of sp³-hybridized carbons (Fsp3) is 0.821. The average molecular weight is 739 g/mol. The minimum atomic E-state index is -1.13. The van der Waals surface area contributed by atoms with Crippen molar-refractivity contribution in [3.8, 4) is 0 Å². The van der Waals surface area contributed by atoms with E-state index in [-0.39, 0.29) is 49.0 Å². The molecule has 0 aromatic rings. The van der Waals surface area contributed by atoms with Crippen LogP contribution in [-0.4, -0.2) is 142 Å². The molecule has 0 aromatic carbocycles. The highest BCUT2D eigenvalue weighted by Gasteiger charge is 2.48. The Bertz CT molecular complexity index is 1180. The predicted molar refractivity (Wildman–Crippen MR) is 195 cm³/mol. The van der Waals surface area contributed by atoms with Crippen molar-refractivity contribution in [2.75, 3.05) is 35.3 Å². The fourth-order valence-electron chi connectivity index (χ4n) is 7.97. The van der Waals surface area contributed by atoms with Crippen LogP contribution in [0.15, 0.2) is 24.3 Å². The maximum absolute atomic E-state index is 13.3. The number of aliphatic hydroxyl groups excluding tert-OH is 1. The third-order valence-corrected chi connectivity index (χ3v) is 10.8. The van der Waals surface area contributed by atoms with E-state index in [0.717, 1.165) is 19.1 Å². The van der Waals surface area contributed by atoms with Gasteiger partial charge in [-0.2, -0.15) is 0 Å². The lowest BCUT2D eigenvalue weighted by molar-refractivity contribution is -0.301. The summed E-state index contributed by atoms with van der Waals surface area (Å²) in [5, 5.41) is 11.6. The molecule has 3 rings (SSSR count). The van der Waals surface area contributed by atoms with Crippen LogP contribution < -0.4 is 0 Å². The summed E-state index contributed by atoms with van der Waals surface area (Å²) in [5.74, 6) is -1.93. The van der Waals surface area contributed by atoms with Crippen LogP contribution in [0.3, 0.4) is 0 Å². The first-order valence-corrected chi connectivity index (χ1v) is 18.9. The largest absolute Gasteiger partial charge is 0.462 e. The zero-order chi connectivity index (χ0) is 38.7. The van der Waals surface area contributed by atoms with Gasteiger partial charge in [0.05, 0.1) is 30.8 Å². The number of aldehydes is 1. The second-order valence-electron chi connectivity index (χ2n) is 15.4. The summed E-state index contributed by atoms with van der Waals surface area (Å²) in [4.78, 5) is 42.3. The molecular weight excluding hydrogens is 672 g/mol. The number of allylic oxidation sites excluding steroid dienone is 2. The molecule has 0 radical (unpaired) electrons. The lowest BCUT2D eigenvalue weighted by atomic mass is 9.82. The van der Waals surface area contributed by atoms with E-state index in [1.54, 1.807) is 6.92 Å². The van der Waals surface area contributed by atoms with E-state index < -0.39 is 67.1 Å². The van der Waals surface area contributed by atoms with Crippen LogP contribution in [0.4, 0.5) is 0 Å². The minimum absolute atomic E-state index is 0.0205. The highest BCUT2D eigenvalue weighted by Crippen LogP contribution is 2.36. The van der Waals surface area contributed by atoms with E-state index in [9.17, 15) is 19.5 Å². The van der Waals surface area contributed by atoms with Crippen molar-refractivity contribution in [1.29, 1.82) is 0 Å². The Morgan fingerprint density at radius 1 is 0.981 bits per heavy atom. The van der Waals surface area contributed by atoms with Gasteiger partial charge in [0, 0.05) is 44.9 Å². The average Bonchev–Trinajstić information content (AvgIpc) is 3.05. The molecule has 0 spiro atoms. The second-order valence-corrected chi connectivity index (χ2v) is 15.4. The van der Waals surface area contributed by atoms with Crippen molar-refractivity contribution >= 4 is 18.2 Å². The molecule has 2 saturated heterocycles. The first-order valence-electron chi connectivity index (χ1n) is 18.9. The number of likely N-dealkylation sites (N-methyl/N-ethyl adjacent to an activating group) is 2. The third kappa shape index (κ3) is 12.4. The molecule has 0 bridgehead atoms. The van der Waals surface area contributed by atoms with Gasteiger partial charge in [-0.25, -0.2) is 0 Å². The topological polar surface area (TPSA) is 143 Å². The number of methoxy groups -OCH3 is 1. The first-order chi connectivity index (χ1) is 24.6. The Morgan fingerprint density at radius 2 is 1.69 bits per heavy atom. The van der Waals surface area contributed by atoms with Gasteiger partial charge < -0.3 is 52.9 Å². The molecule has 0 amide bonds. The van der Waals surface area contributed by atoms with Gasteiger partial charge in [0.2, 0.25) is 0 Å². The van der Waals surface area contributed by atoms with E-state index in [1.165, 1.54) is 14.0 Å². The van der Waals surface area contributed by atoms with Crippen molar-refractivity contribution in [2.45, 2.75) is 154 Å². The van der Waals surface area contributed by atoms with Crippen LogP contribution in [0, 0.1) is 17.8 Å². The summed E-state index contributed by atoms with van der Waals surface area (Å²) >= 11 is 0. The summed E-state index contributed by atoms with van der Waals surface area (Å²) in [6, 6.07) is -0.0175. The van der Waals surface area contributed by atoms with Crippen LogP contribution in [0.5, 0.6) is 0 Å². The number of hydrogen-bond donors (Lipinski definition) is 1. The molecule has 0 saturated carbocycles. The Balaban J connectivity index is 2.08. The standard InChI is InChI=1S/C39H66N2O11/c1-23-21-29(19-20-42)37(52-39-36(45)35(41(9)10)25(3)26(4)49-39)38(46-11)32(50-28(6)43)22-33(44)47-24(2)15-13-12-14-16-31(23)51-34-18-17-30(40(7)8)27(5)48-34/h12-14,16,20,23-27,29-32,34-39,45H,15,17-19,21-22H2,1-11H3/b13-12+,16-14+. The molecule has 13 nitrogen and oxygen atoms in total. The Hall–Kier alpha value is -2.23. The Kier molecular flexibility index (Phi) is 17.9. The molecule has 3 aliphatic rings. The zero-order valence-corrected chi connectivity index (χ0v) is 33.2. The van der Waals surface area contributed by atoms with Crippen molar-refractivity contribution in [3.05, 3.63) is 24.3 Å². The summed E-state index contributed by atoms with van der Waals surface area (Å²) in [6.45, 7) is 11.1. The van der Waals surface area contributed by atoms with Gasteiger partial charge in [0.15, 0.2) is 12.6 Å². The highest BCUT2D eigenvalue weighted by atomic mass is 16.7. The third-order valence-electron chi connectivity index (χ3n) is 10.8. The molecule has 1 N–H and O–H groups in total. The highest BCUT2D eigenvalue weighted by molar-refractivity contribution is 5.72. The SMILES string of the molecule is COC1C(OC(C)=O)CC(=O)OC(C)C/C=C/C=C/C(OC2CCC(N(C)C)C(C)O2)C(C)CC(CC=O)C1OC1OC(C)C(C)C(N(C)C)C1O. The van der Waals surface area contributed by atoms with Crippen molar-refractivity contribution in [2.24, 2.45) is 17.8 Å². The molecule has 15 atom stereocenters. The minimum Gasteiger partial charge on any atom is -0.462 e. The van der Waals surface area contributed by atoms with Crippen LogP contribution in [-0.2, 0) is 47.5 Å². The number of aliphatic hydroxyl groups is 1. The molecule has 0 aromatic heterocycles. The van der Waals surface area contributed by atoms with Crippen LogP contribution in [0.2, 0.25) is 0 Å². The Labute approximate surface area is 311 Å². The number of nitrogens with zero attached hydrogens (tertiary/aromatic N) is 2. The molecule has 0 aliphatic carbocycles. The van der Waals surface area contributed by atoms with Gasteiger partial charge in [0.1, 0.15) is 30.7 Å². The van der Waals surface area contributed by atoms with Crippen LogP contribution in [0.25, 0.3) is 0 Å². The number of carbonyl (C=O) groups excluding carboxylic acids is 3. The quantitative estimate of drug-likeness (QED) is 0.256. The maximum Gasteiger partial charge on any atom is 0.309 e. The van der Waals surface area contributed by atoms with Gasteiger partial charge in [-0.05, 0) is 80.1 Å². The number of ether oxygens (including phenoxy) is 7. The van der Waals surface area contributed by atoms with E-state index in [4.69, 9.17) is 33.2 Å². The van der Waals surface area contributed by atoms with Gasteiger partial charge >= 0.3 is 11.9 Å². The number of esters is 2. The normalized spacial score (nSPS) is 41.3. The zero-order valence-electron chi connectivity index (χ0n) is 33.2. The molecule has 2 fully saturated rings. The van der Waals surface area contributed by atoms with Gasteiger partial charge in [-0.3, -0.25) is 9.59 Å². The fourth-order valence-corrected chi connectivity index (χ4v) is 7.97. The molecule has 3 aliphatic heterocycles. The lowest BCUT2D eigenvalue weighted by Gasteiger charge is -2.47. The molecule has 13 heteroatoms. The van der Waals surface area contributed by atoms with E-state index in [2.05, 4.69) is 25.9 Å². The number of carbonyl (C=O) groups is 3. The van der Waals surface area contributed by atoms with E-state index in [0.29, 0.717) is 12.8 Å². The summed E-state index contributed by atoms with van der Waals surface area (Å²) in [5.41, 5.74) is 0. The van der Waals surface area contributed by atoms with Crippen LogP contribution in [0.1, 0.15) is 80.1 Å². The summed E-state index contributed by atoms with van der Waals surface area (Å²) < 4.78 is 43.5. The van der Waals surface area contributed by atoms with Gasteiger partial charge in [-0.1, -0.05) is 38.2 Å². The molecular formula is C39H66N2O11. The van der Waals surface area contributed by atoms with Gasteiger partial charge in [-0.15, -0.1) is 0 Å². The smallest absolute Gasteiger partial charge is 0.309 e. The first kappa shape index (κ1) is 44.2. The van der Waals surface area contributed by atoms with Gasteiger partial charge in [0.25, 0.3) is 0 Å². The Morgan fingerprint density at radius 3 is 2.29 bits per heavy atom. The summed E-state index contributed by atoms with van der Waals surface area (Å²) in [7, 11) is 9.33. The van der Waals surface area contributed by atoms with Crippen molar-refractivity contribution in [3.63, 3.8) is 0 Å². The van der Waals surface area contributed by atoms with Crippen molar-refractivity contribution < 1.29 is 52.6 Å². The number of rotatable bonds is 10. The maximum atomic E-state index is 13.3. The molecule has 298 valence electrons. The number of cyclic esters (lactones) is 1. The van der Waals surface area contributed by atoms with Crippen molar-refractivity contribution in [1.82, 2.24) is 9.80 Å². The summed E-state index contributed by atoms with van der Waals surface area (Å²) in [6.07, 6.45) is 3.89. The van der Waals surface area contributed by atoms with E-state index >= 15 is 0 Å². The second kappa shape index (κ2) is 21.0.